The van der Waals surface area contributed by atoms with Crippen molar-refractivity contribution in [1.29, 1.82) is 5.26 Å². The minimum atomic E-state index is -0.332. The number of ether oxygens (including phenoxy) is 1. The van der Waals surface area contributed by atoms with Crippen LogP contribution in [0.4, 0.5) is 5.82 Å². The van der Waals surface area contributed by atoms with Crippen LogP contribution < -0.4 is 5.32 Å². The molecular weight excluding hydrogens is 364 g/mol. The van der Waals surface area contributed by atoms with Gasteiger partial charge in [0.25, 0.3) is 5.91 Å². The number of anilines is 1. The zero-order valence-corrected chi connectivity index (χ0v) is 15.1. The van der Waals surface area contributed by atoms with E-state index in [1.54, 1.807) is 30.6 Å². The van der Waals surface area contributed by atoms with E-state index in [9.17, 15) is 4.79 Å². The molecule has 1 N–H and O–H groups in total. The smallest absolute Gasteiger partial charge is 0.256 e. The molecule has 0 spiro atoms. The van der Waals surface area contributed by atoms with Gasteiger partial charge in [0.2, 0.25) is 0 Å². The van der Waals surface area contributed by atoms with Gasteiger partial charge in [-0.25, -0.2) is 15.0 Å². The lowest BCUT2D eigenvalue weighted by Gasteiger charge is -2.30. The number of carbonyl (C=O) groups is 1. The molecule has 2 atom stereocenters. The molecule has 1 aromatic carbocycles. The van der Waals surface area contributed by atoms with Gasteiger partial charge in [-0.1, -0.05) is 18.2 Å². The number of hydrogen-bond donors (Lipinski definition) is 1. The zero-order chi connectivity index (χ0) is 18.6. The average molecular weight is 380 g/mol. The molecule has 1 saturated heterocycles. The van der Waals surface area contributed by atoms with E-state index in [1.165, 1.54) is 18.1 Å². The second kappa shape index (κ2) is 7.73. The summed E-state index contributed by atoms with van der Waals surface area (Å²) in [4.78, 5) is 25.3. The van der Waals surface area contributed by atoms with Crippen LogP contribution in [0, 0.1) is 10.7 Å². The molecule has 2 aromatic heterocycles. The summed E-state index contributed by atoms with van der Waals surface area (Å²) >= 11 is 1.20. The predicted molar refractivity (Wildman–Crippen MR) is 101 cm³/mol. The Morgan fingerprint density at radius 1 is 1.30 bits per heavy atom. The van der Waals surface area contributed by atoms with Crippen molar-refractivity contribution >= 4 is 34.7 Å². The number of nitrogens with one attached hydrogen (secondary N) is 1. The van der Waals surface area contributed by atoms with Gasteiger partial charge < -0.3 is 10.1 Å². The minimum absolute atomic E-state index is 0.00141. The van der Waals surface area contributed by atoms with Gasteiger partial charge >= 0.3 is 0 Å². The Bertz CT molecular complexity index is 1000. The Labute approximate surface area is 159 Å². The highest BCUT2D eigenvalue weighted by atomic mass is 32.2. The van der Waals surface area contributed by atoms with Gasteiger partial charge in [0.05, 0.1) is 11.6 Å². The van der Waals surface area contributed by atoms with Crippen LogP contribution in [0.25, 0.3) is 11.2 Å². The van der Waals surface area contributed by atoms with Crippen molar-refractivity contribution in [3.8, 4) is 5.40 Å². The number of nitriles is 1. The summed E-state index contributed by atoms with van der Waals surface area (Å²) in [7, 11) is 0. The molecule has 1 amide bonds. The van der Waals surface area contributed by atoms with Crippen LogP contribution in [0.5, 0.6) is 0 Å². The lowest BCUT2D eigenvalue weighted by Crippen LogP contribution is -2.29. The first kappa shape index (κ1) is 17.5. The van der Waals surface area contributed by atoms with Crippen LogP contribution in [-0.4, -0.2) is 37.3 Å². The molecule has 0 aliphatic carbocycles. The molecule has 8 nitrogen and oxygen atoms in total. The van der Waals surface area contributed by atoms with Crippen LogP contribution in [0.3, 0.4) is 0 Å². The minimum Gasteiger partial charge on any atom is -0.357 e. The first-order valence-corrected chi connectivity index (χ1v) is 9.36. The standard InChI is InChI=1S/C18H16N6O2S/c19-9-27-13-7-4-8-26-18(13)24-11-22-14-15(20-10-21-16(14)24)23-17(25)12-5-2-1-3-6-12/h1-3,5-6,10-11,13,18H,4,7-8H2,(H,20,21,23,25)/t13-,18-/m1/s1. The summed E-state index contributed by atoms with van der Waals surface area (Å²) in [6.07, 6.45) is 4.47. The third-order valence-corrected chi connectivity index (χ3v) is 5.22. The number of hydrogen-bond acceptors (Lipinski definition) is 7. The highest BCUT2D eigenvalue weighted by Crippen LogP contribution is 2.34. The lowest BCUT2D eigenvalue weighted by atomic mass is 10.2. The molecule has 0 radical (unpaired) electrons. The summed E-state index contributed by atoms with van der Waals surface area (Å²) in [5.41, 5.74) is 1.57. The van der Waals surface area contributed by atoms with Crippen molar-refractivity contribution in [2.75, 3.05) is 11.9 Å². The summed E-state index contributed by atoms with van der Waals surface area (Å²) in [5.74, 6) is 0.0740. The van der Waals surface area contributed by atoms with E-state index in [1.807, 2.05) is 10.6 Å². The highest BCUT2D eigenvalue weighted by molar-refractivity contribution is 8.04. The average Bonchev–Trinajstić information content (AvgIpc) is 3.14. The fraction of sp³-hybridized carbons (Fsp3) is 0.278. The fourth-order valence-corrected chi connectivity index (χ4v) is 3.83. The molecule has 1 aliphatic heterocycles. The maximum atomic E-state index is 12.4. The van der Waals surface area contributed by atoms with Crippen LogP contribution in [0.1, 0.15) is 29.4 Å². The number of aromatic nitrogens is 4. The number of imidazole rings is 1. The third kappa shape index (κ3) is 3.49. The Hall–Kier alpha value is -2.96. The Balaban J connectivity index is 1.66. The van der Waals surface area contributed by atoms with Crippen molar-refractivity contribution in [1.82, 2.24) is 19.5 Å². The molecule has 1 aliphatic rings. The van der Waals surface area contributed by atoms with Gasteiger partial charge in [-0.15, -0.1) is 0 Å². The largest absolute Gasteiger partial charge is 0.357 e. The number of fused-ring (bicyclic) bond motifs is 1. The van der Waals surface area contributed by atoms with Crippen molar-refractivity contribution in [3.05, 3.63) is 48.5 Å². The molecular formula is C18H16N6O2S. The van der Waals surface area contributed by atoms with Gasteiger partial charge in [0.1, 0.15) is 18.0 Å². The number of nitrogens with zero attached hydrogens (tertiary/aromatic N) is 5. The van der Waals surface area contributed by atoms with Crippen molar-refractivity contribution in [2.24, 2.45) is 0 Å². The van der Waals surface area contributed by atoms with E-state index in [0.29, 0.717) is 29.2 Å². The maximum Gasteiger partial charge on any atom is 0.256 e. The second-order valence-electron chi connectivity index (χ2n) is 6.02. The zero-order valence-electron chi connectivity index (χ0n) is 14.3. The Morgan fingerprint density at radius 2 is 2.15 bits per heavy atom. The van der Waals surface area contributed by atoms with Crippen molar-refractivity contribution in [2.45, 2.75) is 24.3 Å². The number of carbonyl (C=O) groups excluding carboxylic acids is 1. The predicted octanol–water partition coefficient (Wildman–Crippen LogP) is 2.97. The second-order valence-corrected chi connectivity index (χ2v) is 7.04. The molecule has 3 aromatic rings. The summed E-state index contributed by atoms with van der Waals surface area (Å²) < 4.78 is 7.70. The highest BCUT2D eigenvalue weighted by Gasteiger charge is 2.30. The first-order chi connectivity index (χ1) is 13.3. The van der Waals surface area contributed by atoms with E-state index in [0.717, 1.165) is 12.8 Å². The summed E-state index contributed by atoms with van der Waals surface area (Å²) in [6, 6.07) is 8.90. The van der Waals surface area contributed by atoms with Crippen LogP contribution in [0.15, 0.2) is 43.0 Å². The number of thioether (sulfide) groups is 1. The van der Waals surface area contributed by atoms with E-state index < -0.39 is 0 Å². The number of thiocyanates is 1. The van der Waals surface area contributed by atoms with E-state index in [2.05, 4.69) is 25.7 Å². The molecule has 27 heavy (non-hydrogen) atoms. The Kier molecular flexibility index (Phi) is 5.00. The van der Waals surface area contributed by atoms with Crippen LogP contribution >= 0.6 is 11.8 Å². The van der Waals surface area contributed by atoms with E-state index >= 15 is 0 Å². The molecule has 4 rings (SSSR count). The third-order valence-electron chi connectivity index (χ3n) is 4.34. The SMILES string of the molecule is N#CS[C@@H]1CCCO[C@H]1n1cnc2c(NC(=O)c3ccccc3)ncnc21. The maximum absolute atomic E-state index is 12.4. The molecule has 136 valence electrons. The van der Waals surface area contributed by atoms with Crippen LogP contribution in [0.2, 0.25) is 0 Å². The van der Waals surface area contributed by atoms with Gasteiger partial charge in [0, 0.05) is 12.2 Å². The number of benzene rings is 1. The lowest BCUT2D eigenvalue weighted by molar-refractivity contribution is -0.0243. The van der Waals surface area contributed by atoms with Crippen molar-refractivity contribution < 1.29 is 9.53 Å². The molecule has 9 heteroatoms. The normalized spacial score (nSPS) is 19.5. The van der Waals surface area contributed by atoms with Gasteiger partial charge in [-0.05, 0) is 36.7 Å². The molecule has 0 saturated carbocycles. The molecule has 3 heterocycles. The van der Waals surface area contributed by atoms with E-state index in [4.69, 9.17) is 10.00 Å². The number of amides is 1. The quantitative estimate of drug-likeness (QED) is 0.694. The Morgan fingerprint density at radius 3 is 2.96 bits per heavy atom. The monoisotopic (exact) mass is 380 g/mol. The van der Waals surface area contributed by atoms with Crippen LogP contribution in [-0.2, 0) is 4.74 Å². The molecule has 1 fully saturated rings. The van der Waals surface area contributed by atoms with Crippen molar-refractivity contribution in [3.63, 3.8) is 0 Å². The first-order valence-electron chi connectivity index (χ1n) is 8.48. The van der Waals surface area contributed by atoms with E-state index in [-0.39, 0.29) is 17.4 Å². The van der Waals surface area contributed by atoms with Gasteiger partial charge in [0.15, 0.2) is 17.0 Å². The molecule has 0 bridgehead atoms. The summed E-state index contributed by atoms with van der Waals surface area (Å²) in [6.45, 7) is 0.621. The summed E-state index contributed by atoms with van der Waals surface area (Å²) in [5, 5.41) is 14.0. The number of rotatable bonds is 4. The molecule has 0 unspecified atom stereocenters. The topological polar surface area (TPSA) is 106 Å². The van der Waals surface area contributed by atoms with Gasteiger partial charge in [-0.2, -0.15) is 5.26 Å². The fourth-order valence-electron chi connectivity index (χ4n) is 3.08. The van der Waals surface area contributed by atoms with Gasteiger partial charge in [-0.3, -0.25) is 9.36 Å².